The van der Waals surface area contributed by atoms with Gasteiger partial charge >= 0.3 is 0 Å². The Bertz CT molecular complexity index is 945. The number of nitrogens with one attached hydrogen (secondary N) is 1. The van der Waals surface area contributed by atoms with E-state index < -0.39 is 0 Å². The van der Waals surface area contributed by atoms with E-state index in [9.17, 15) is 0 Å². The summed E-state index contributed by atoms with van der Waals surface area (Å²) in [5.41, 5.74) is 2.54. The Kier molecular flexibility index (Phi) is 6.51. The molecule has 0 aromatic heterocycles. The van der Waals surface area contributed by atoms with Gasteiger partial charge < -0.3 is 10.1 Å². The molecule has 1 heterocycles. The smallest absolute Gasteiger partial charge is 0.0678 e. The molecule has 3 nitrogen and oxygen atoms in total. The molecule has 29 heavy (non-hydrogen) atoms. The first-order chi connectivity index (χ1) is 14.1. The average Bonchev–Trinajstić information content (AvgIpc) is 2.70. The minimum atomic E-state index is 0.199. The highest BCUT2D eigenvalue weighted by Crippen LogP contribution is 2.23. The summed E-state index contributed by atoms with van der Waals surface area (Å²) in [5, 5.41) is 7.17. The maximum absolute atomic E-state index is 6.31. The zero-order valence-corrected chi connectivity index (χ0v) is 17.9. The number of nitrogens with zero attached hydrogens (tertiary/aromatic N) is 1. The van der Waals surface area contributed by atoms with E-state index in [1.54, 1.807) is 0 Å². The molecular formula is C25H29ClN2O. The number of rotatable bonds is 6. The summed E-state index contributed by atoms with van der Waals surface area (Å²) in [7, 11) is 0. The summed E-state index contributed by atoms with van der Waals surface area (Å²) in [6.07, 6.45) is 0.522. The fourth-order valence-electron chi connectivity index (χ4n) is 4.38. The van der Waals surface area contributed by atoms with Crippen molar-refractivity contribution in [3.63, 3.8) is 0 Å². The van der Waals surface area contributed by atoms with Crippen LogP contribution in [0.4, 0.5) is 0 Å². The lowest BCUT2D eigenvalue weighted by atomic mass is 10.0. The van der Waals surface area contributed by atoms with Crippen LogP contribution in [0.5, 0.6) is 0 Å². The molecule has 0 radical (unpaired) electrons. The molecule has 4 heteroatoms. The van der Waals surface area contributed by atoms with Crippen LogP contribution in [-0.2, 0) is 11.3 Å². The van der Waals surface area contributed by atoms with E-state index in [1.165, 1.54) is 21.9 Å². The first-order valence-electron chi connectivity index (χ1n) is 10.4. The van der Waals surface area contributed by atoms with E-state index >= 15 is 0 Å². The fraction of sp³-hybridized carbons (Fsp3) is 0.360. The van der Waals surface area contributed by atoms with Gasteiger partial charge in [0.2, 0.25) is 0 Å². The summed E-state index contributed by atoms with van der Waals surface area (Å²) in [4.78, 5) is 2.50. The second-order valence-corrected chi connectivity index (χ2v) is 8.54. The molecule has 0 amide bonds. The minimum absolute atomic E-state index is 0.199. The molecular weight excluding hydrogens is 380 g/mol. The van der Waals surface area contributed by atoms with Crippen LogP contribution in [0.15, 0.2) is 66.7 Å². The average molecular weight is 409 g/mol. The Balaban J connectivity index is 1.55. The molecule has 3 aromatic carbocycles. The van der Waals surface area contributed by atoms with Crippen LogP contribution in [0, 0.1) is 0 Å². The van der Waals surface area contributed by atoms with E-state index in [-0.39, 0.29) is 18.2 Å². The quantitative estimate of drug-likeness (QED) is 0.588. The summed E-state index contributed by atoms with van der Waals surface area (Å²) in [6, 6.07) is 23.5. The molecule has 4 rings (SSSR count). The first-order valence-corrected chi connectivity index (χ1v) is 10.8. The van der Waals surface area contributed by atoms with Crippen molar-refractivity contribution >= 4 is 22.4 Å². The number of hydrogen-bond donors (Lipinski definition) is 1. The maximum atomic E-state index is 6.31. The highest BCUT2D eigenvalue weighted by molar-refractivity contribution is 6.30. The Labute approximate surface area is 178 Å². The molecule has 152 valence electrons. The van der Waals surface area contributed by atoms with Crippen molar-refractivity contribution in [2.45, 2.75) is 38.6 Å². The lowest BCUT2D eigenvalue weighted by molar-refractivity contribution is -0.0700. The van der Waals surface area contributed by atoms with Crippen LogP contribution in [0.25, 0.3) is 10.8 Å². The molecule has 0 spiro atoms. The number of morpholine rings is 1. The van der Waals surface area contributed by atoms with Gasteiger partial charge in [0.25, 0.3) is 0 Å². The zero-order chi connectivity index (χ0) is 20.2. The molecule has 0 saturated carbocycles. The molecule has 1 aliphatic rings. The molecule has 1 fully saturated rings. The monoisotopic (exact) mass is 408 g/mol. The lowest BCUT2D eigenvalue weighted by Gasteiger charge is -2.37. The zero-order valence-electron chi connectivity index (χ0n) is 17.1. The molecule has 1 N–H and O–H groups in total. The molecule has 1 saturated heterocycles. The highest BCUT2D eigenvalue weighted by Gasteiger charge is 2.25. The van der Waals surface area contributed by atoms with Crippen molar-refractivity contribution < 1.29 is 4.74 Å². The van der Waals surface area contributed by atoms with E-state index in [0.717, 1.165) is 31.2 Å². The maximum Gasteiger partial charge on any atom is 0.0678 e. The summed E-state index contributed by atoms with van der Waals surface area (Å²) < 4.78 is 5.92. The number of benzene rings is 3. The number of halogens is 1. The molecule has 0 bridgehead atoms. The fourth-order valence-corrected chi connectivity index (χ4v) is 4.58. The van der Waals surface area contributed by atoms with Crippen molar-refractivity contribution in [3.8, 4) is 0 Å². The third-order valence-corrected chi connectivity index (χ3v) is 5.84. The van der Waals surface area contributed by atoms with Gasteiger partial charge in [0.05, 0.1) is 12.2 Å². The van der Waals surface area contributed by atoms with Crippen molar-refractivity contribution in [2.75, 3.05) is 19.6 Å². The second-order valence-electron chi connectivity index (χ2n) is 8.10. The van der Waals surface area contributed by atoms with Gasteiger partial charge in [-0.15, -0.1) is 0 Å². The van der Waals surface area contributed by atoms with Gasteiger partial charge in [0, 0.05) is 37.2 Å². The Morgan fingerprint density at radius 1 is 1.00 bits per heavy atom. The van der Waals surface area contributed by atoms with Gasteiger partial charge in [0.1, 0.15) is 0 Å². The van der Waals surface area contributed by atoms with Gasteiger partial charge in [0.15, 0.2) is 0 Å². The lowest BCUT2D eigenvalue weighted by Crippen LogP contribution is -2.48. The van der Waals surface area contributed by atoms with Gasteiger partial charge in [-0.2, -0.15) is 0 Å². The van der Waals surface area contributed by atoms with Gasteiger partial charge in [-0.05, 0) is 47.9 Å². The van der Waals surface area contributed by atoms with Gasteiger partial charge in [-0.25, -0.2) is 0 Å². The molecule has 1 aliphatic heterocycles. The van der Waals surface area contributed by atoms with Crippen LogP contribution in [0.3, 0.4) is 0 Å². The first kappa shape index (κ1) is 20.4. The summed E-state index contributed by atoms with van der Waals surface area (Å²) in [5.74, 6) is 0. The molecule has 3 unspecified atom stereocenters. The Morgan fingerprint density at radius 2 is 1.72 bits per heavy atom. The third kappa shape index (κ3) is 5.18. The number of ether oxygens (including phenoxy) is 1. The van der Waals surface area contributed by atoms with Crippen LogP contribution in [0.1, 0.15) is 31.0 Å². The normalized spacial score (nSPS) is 21.3. The van der Waals surface area contributed by atoms with Crippen molar-refractivity contribution in [1.29, 1.82) is 0 Å². The predicted molar refractivity (Wildman–Crippen MR) is 121 cm³/mol. The van der Waals surface area contributed by atoms with Crippen molar-refractivity contribution in [3.05, 3.63) is 82.9 Å². The number of hydrogen-bond acceptors (Lipinski definition) is 3. The van der Waals surface area contributed by atoms with Crippen LogP contribution < -0.4 is 5.32 Å². The predicted octanol–water partition coefficient (Wildman–Crippen LogP) is 5.43. The Hall–Kier alpha value is -1.91. The second kappa shape index (κ2) is 9.27. The van der Waals surface area contributed by atoms with Crippen molar-refractivity contribution in [1.82, 2.24) is 10.2 Å². The minimum Gasteiger partial charge on any atom is -0.373 e. The summed E-state index contributed by atoms with van der Waals surface area (Å²) >= 11 is 6.31. The van der Waals surface area contributed by atoms with E-state index in [2.05, 4.69) is 78.7 Å². The van der Waals surface area contributed by atoms with Crippen LogP contribution in [0.2, 0.25) is 5.02 Å². The van der Waals surface area contributed by atoms with E-state index in [0.29, 0.717) is 0 Å². The van der Waals surface area contributed by atoms with Crippen LogP contribution in [-0.4, -0.2) is 36.7 Å². The third-order valence-electron chi connectivity index (χ3n) is 5.61. The topological polar surface area (TPSA) is 24.5 Å². The highest BCUT2D eigenvalue weighted by atomic mass is 35.5. The van der Waals surface area contributed by atoms with E-state index in [1.807, 2.05) is 12.1 Å². The van der Waals surface area contributed by atoms with E-state index in [4.69, 9.17) is 16.3 Å². The largest absolute Gasteiger partial charge is 0.373 e. The molecule has 0 aliphatic carbocycles. The van der Waals surface area contributed by atoms with Crippen molar-refractivity contribution in [2.24, 2.45) is 0 Å². The SMILES string of the molecule is CC1CN(CC(NCc2cccc3ccccc23)c2cccc(Cl)c2)CC(C)O1. The molecule has 3 aromatic rings. The Morgan fingerprint density at radius 3 is 2.52 bits per heavy atom. The van der Waals surface area contributed by atoms with Gasteiger partial charge in [-0.3, -0.25) is 4.90 Å². The summed E-state index contributed by atoms with van der Waals surface area (Å²) in [6.45, 7) is 7.97. The molecule has 3 atom stereocenters. The van der Waals surface area contributed by atoms with Gasteiger partial charge in [-0.1, -0.05) is 66.2 Å². The van der Waals surface area contributed by atoms with Crippen LogP contribution >= 0.6 is 11.6 Å². The standard InChI is InChI=1S/C25H29ClN2O/c1-18-15-28(16-19(2)29-18)17-25(21-9-6-11-23(26)13-21)27-14-22-10-5-8-20-7-3-4-12-24(20)22/h3-13,18-19,25,27H,14-17H2,1-2H3. The number of fused-ring (bicyclic) bond motifs is 1.